The fourth-order valence-corrected chi connectivity index (χ4v) is 2.72. The minimum absolute atomic E-state index is 0.328. The highest BCUT2D eigenvalue weighted by Crippen LogP contribution is 2.24. The lowest BCUT2D eigenvalue weighted by Gasteiger charge is -2.27. The van der Waals surface area contributed by atoms with Gasteiger partial charge in [-0.15, -0.1) is 0 Å². The molecule has 98 valence electrons. The number of aromatic carboxylic acids is 1. The van der Waals surface area contributed by atoms with Crippen LogP contribution in [0, 0.1) is 0 Å². The Hall–Kier alpha value is -1.42. The predicted octanol–water partition coefficient (Wildman–Crippen LogP) is 2.54. The second-order valence-corrected chi connectivity index (χ2v) is 4.80. The standard InChI is InChI=1S/C14H20N2O2/c1-2-16(11-6-3-4-7-11)10-13-12(14(17)18)8-5-9-15-13/h5,8-9,11H,2-4,6-7,10H2,1H3,(H,17,18). The van der Waals surface area contributed by atoms with Crippen molar-refractivity contribution in [3.63, 3.8) is 0 Å². The number of hydrogen-bond donors (Lipinski definition) is 1. The van der Waals surface area contributed by atoms with Gasteiger partial charge in [0.2, 0.25) is 0 Å². The van der Waals surface area contributed by atoms with Crippen molar-refractivity contribution in [2.45, 2.75) is 45.2 Å². The van der Waals surface area contributed by atoms with Crippen molar-refractivity contribution in [3.05, 3.63) is 29.6 Å². The molecular formula is C14H20N2O2. The Bertz CT molecular complexity index is 414. The van der Waals surface area contributed by atoms with Gasteiger partial charge in [-0.25, -0.2) is 4.79 Å². The summed E-state index contributed by atoms with van der Waals surface area (Å²) in [5, 5.41) is 9.16. The molecule has 0 aliphatic heterocycles. The zero-order valence-corrected chi connectivity index (χ0v) is 10.8. The van der Waals surface area contributed by atoms with Gasteiger partial charge in [-0.05, 0) is 31.5 Å². The van der Waals surface area contributed by atoms with E-state index in [0.29, 0.717) is 23.8 Å². The first-order valence-corrected chi connectivity index (χ1v) is 6.63. The SMILES string of the molecule is CCN(Cc1ncccc1C(=O)O)C1CCCC1. The number of hydrogen-bond acceptors (Lipinski definition) is 3. The average molecular weight is 248 g/mol. The van der Waals surface area contributed by atoms with Gasteiger partial charge in [0, 0.05) is 18.8 Å². The smallest absolute Gasteiger partial charge is 0.337 e. The molecule has 1 N–H and O–H groups in total. The van der Waals surface area contributed by atoms with Gasteiger partial charge in [0.05, 0.1) is 11.3 Å². The molecule has 0 aromatic carbocycles. The van der Waals surface area contributed by atoms with Crippen LogP contribution in [0.2, 0.25) is 0 Å². The quantitative estimate of drug-likeness (QED) is 0.870. The highest BCUT2D eigenvalue weighted by atomic mass is 16.4. The lowest BCUT2D eigenvalue weighted by Crippen LogP contribution is -2.33. The Balaban J connectivity index is 2.13. The fourth-order valence-electron chi connectivity index (χ4n) is 2.72. The van der Waals surface area contributed by atoms with Gasteiger partial charge in [0.15, 0.2) is 0 Å². The van der Waals surface area contributed by atoms with E-state index in [2.05, 4.69) is 16.8 Å². The van der Waals surface area contributed by atoms with E-state index >= 15 is 0 Å². The lowest BCUT2D eigenvalue weighted by atomic mass is 10.1. The summed E-state index contributed by atoms with van der Waals surface area (Å²) in [6, 6.07) is 3.91. The molecule has 1 aromatic heterocycles. The number of aromatic nitrogens is 1. The highest BCUT2D eigenvalue weighted by Gasteiger charge is 2.23. The molecule has 4 heteroatoms. The van der Waals surface area contributed by atoms with Gasteiger partial charge in [0.1, 0.15) is 0 Å². The third kappa shape index (κ3) is 2.88. The van der Waals surface area contributed by atoms with Gasteiger partial charge in [-0.3, -0.25) is 9.88 Å². The topological polar surface area (TPSA) is 53.4 Å². The molecule has 1 saturated carbocycles. The van der Waals surface area contributed by atoms with E-state index in [4.69, 9.17) is 5.11 Å². The first-order chi connectivity index (χ1) is 8.72. The van der Waals surface area contributed by atoms with Crippen LogP contribution in [0.15, 0.2) is 18.3 Å². The number of pyridine rings is 1. The summed E-state index contributed by atoms with van der Waals surface area (Å²) in [5.41, 5.74) is 1.01. The second-order valence-electron chi connectivity index (χ2n) is 4.80. The summed E-state index contributed by atoms with van der Waals surface area (Å²) in [7, 11) is 0. The van der Waals surface area contributed by atoms with Gasteiger partial charge >= 0.3 is 5.97 Å². The highest BCUT2D eigenvalue weighted by molar-refractivity contribution is 5.88. The van der Waals surface area contributed by atoms with Crippen molar-refractivity contribution in [2.24, 2.45) is 0 Å². The molecule has 1 aliphatic rings. The zero-order valence-electron chi connectivity index (χ0n) is 10.8. The van der Waals surface area contributed by atoms with E-state index in [1.54, 1.807) is 18.3 Å². The molecule has 1 heterocycles. The van der Waals surface area contributed by atoms with E-state index in [1.165, 1.54) is 25.7 Å². The molecular weight excluding hydrogens is 228 g/mol. The van der Waals surface area contributed by atoms with E-state index in [0.717, 1.165) is 6.54 Å². The molecule has 4 nitrogen and oxygen atoms in total. The van der Waals surface area contributed by atoms with Crippen LogP contribution < -0.4 is 0 Å². The molecule has 18 heavy (non-hydrogen) atoms. The number of carbonyl (C=O) groups is 1. The predicted molar refractivity (Wildman–Crippen MR) is 69.5 cm³/mol. The molecule has 0 unspecified atom stereocenters. The van der Waals surface area contributed by atoms with Crippen molar-refractivity contribution in [3.8, 4) is 0 Å². The van der Waals surface area contributed by atoms with Crippen LogP contribution in [0.3, 0.4) is 0 Å². The number of nitrogens with zero attached hydrogens (tertiary/aromatic N) is 2. The summed E-state index contributed by atoms with van der Waals surface area (Å²) in [5.74, 6) is -0.888. The molecule has 1 aromatic rings. The largest absolute Gasteiger partial charge is 0.478 e. The zero-order chi connectivity index (χ0) is 13.0. The molecule has 0 radical (unpaired) electrons. The average Bonchev–Trinajstić information content (AvgIpc) is 2.90. The summed E-state index contributed by atoms with van der Waals surface area (Å²) < 4.78 is 0. The Morgan fingerprint density at radius 2 is 2.22 bits per heavy atom. The minimum Gasteiger partial charge on any atom is -0.478 e. The van der Waals surface area contributed by atoms with Crippen molar-refractivity contribution in [1.82, 2.24) is 9.88 Å². The van der Waals surface area contributed by atoms with Crippen LogP contribution in [0.4, 0.5) is 0 Å². The van der Waals surface area contributed by atoms with Gasteiger partial charge in [0.25, 0.3) is 0 Å². The maximum atomic E-state index is 11.2. The molecule has 0 bridgehead atoms. The van der Waals surface area contributed by atoms with Crippen molar-refractivity contribution in [2.75, 3.05) is 6.54 Å². The van der Waals surface area contributed by atoms with Crippen LogP contribution in [0.5, 0.6) is 0 Å². The van der Waals surface area contributed by atoms with Crippen LogP contribution in [-0.4, -0.2) is 33.5 Å². The summed E-state index contributed by atoms with van der Waals surface area (Å²) >= 11 is 0. The van der Waals surface area contributed by atoms with Crippen LogP contribution in [-0.2, 0) is 6.54 Å². The Morgan fingerprint density at radius 3 is 2.83 bits per heavy atom. The maximum Gasteiger partial charge on any atom is 0.337 e. The number of carboxylic acids is 1. The Kier molecular flexibility index (Phi) is 4.31. The fraction of sp³-hybridized carbons (Fsp3) is 0.571. The van der Waals surface area contributed by atoms with Gasteiger partial charge in [-0.2, -0.15) is 0 Å². The monoisotopic (exact) mass is 248 g/mol. The Morgan fingerprint density at radius 1 is 1.50 bits per heavy atom. The lowest BCUT2D eigenvalue weighted by molar-refractivity contribution is 0.0692. The first-order valence-electron chi connectivity index (χ1n) is 6.63. The molecule has 0 saturated heterocycles. The third-order valence-corrected chi connectivity index (χ3v) is 3.72. The molecule has 0 spiro atoms. The normalized spacial score (nSPS) is 16.3. The molecule has 1 aliphatic carbocycles. The van der Waals surface area contributed by atoms with Crippen molar-refractivity contribution < 1.29 is 9.90 Å². The minimum atomic E-state index is -0.888. The summed E-state index contributed by atoms with van der Waals surface area (Å²) in [4.78, 5) is 17.7. The molecule has 0 atom stereocenters. The van der Waals surface area contributed by atoms with Gasteiger partial charge in [-0.1, -0.05) is 19.8 Å². The first kappa shape index (κ1) is 13.0. The Labute approximate surface area is 108 Å². The number of carboxylic acid groups (broad SMARTS) is 1. The van der Waals surface area contributed by atoms with E-state index in [1.807, 2.05) is 0 Å². The second kappa shape index (κ2) is 5.96. The maximum absolute atomic E-state index is 11.2. The van der Waals surface area contributed by atoms with Crippen LogP contribution in [0.1, 0.15) is 48.7 Å². The van der Waals surface area contributed by atoms with Crippen molar-refractivity contribution in [1.29, 1.82) is 0 Å². The van der Waals surface area contributed by atoms with Crippen LogP contribution in [0.25, 0.3) is 0 Å². The summed E-state index contributed by atoms with van der Waals surface area (Å²) in [6.45, 7) is 3.71. The van der Waals surface area contributed by atoms with Crippen LogP contribution >= 0.6 is 0 Å². The van der Waals surface area contributed by atoms with Gasteiger partial charge < -0.3 is 5.11 Å². The molecule has 0 amide bonds. The third-order valence-electron chi connectivity index (χ3n) is 3.72. The summed E-state index contributed by atoms with van der Waals surface area (Å²) in [6.07, 6.45) is 6.70. The molecule has 2 rings (SSSR count). The van der Waals surface area contributed by atoms with E-state index in [9.17, 15) is 4.79 Å². The molecule has 1 fully saturated rings. The number of rotatable bonds is 5. The van der Waals surface area contributed by atoms with E-state index in [-0.39, 0.29) is 0 Å². The van der Waals surface area contributed by atoms with E-state index < -0.39 is 5.97 Å². The van der Waals surface area contributed by atoms with Crippen molar-refractivity contribution >= 4 is 5.97 Å².